The van der Waals surface area contributed by atoms with Crippen molar-refractivity contribution in [2.45, 2.75) is 40.2 Å². The molecular weight excluding hydrogens is 425 g/mol. The number of carbonyl (C=O) groups is 1. The van der Waals surface area contributed by atoms with E-state index in [1.807, 2.05) is 43.0 Å². The molecule has 5 heteroatoms. The molecule has 0 radical (unpaired) electrons. The fourth-order valence-electron chi connectivity index (χ4n) is 3.70. The van der Waals surface area contributed by atoms with Crippen LogP contribution in [0.3, 0.4) is 0 Å². The molecule has 1 aromatic heterocycles. The molecule has 4 nitrogen and oxygen atoms in total. The van der Waals surface area contributed by atoms with Crippen molar-refractivity contribution in [3.63, 3.8) is 0 Å². The van der Waals surface area contributed by atoms with Gasteiger partial charge in [0, 0.05) is 15.2 Å². The third-order valence-corrected chi connectivity index (χ3v) is 5.90. The number of fused-ring (bicyclic) bond motifs is 1. The Morgan fingerprint density at radius 2 is 2.08 bits per heavy atom. The molecule has 1 amide bonds. The van der Waals surface area contributed by atoms with Gasteiger partial charge in [-0.05, 0) is 67.0 Å². The van der Waals surface area contributed by atoms with Crippen molar-refractivity contribution in [2.75, 3.05) is 4.90 Å². The molecule has 1 aliphatic heterocycles. The van der Waals surface area contributed by atoms with Gasteiger partial charge in [0.1, 0.15) is 0 Å². The van der Waals surface area contributed by atoms with Gasteiger partial charge in [0.05, 0.1) is 34.6 Å². The number of pyridine rings is 1. The highest BCUT2D eigenvalue weighted by Gasteiger charge is 2.51. The molecule has 2 atom stereocenters. The Bertz CT molecular complexity index is 869. The Labute approximate surface area is 162 Å². The molecule has 25 heavy (non-hydrogen) atoms. The zero-order chi connectivity index (χ0) is 18.4. The van der Waals surface area contributed by atoms with E-state index in [1.165, 1.54) is 0 Å². The Morgan fingerprint density at radius 3 is 2.72 bits per heavy atom. The molecule has 0 spiro atoms. The number of β-lactam (4-membered cyclic amide) rings is 1. The summed E-state index contributed by atoms with van der Waals surface area (Å²) in [6.45, 7) is 8.04. The minimum Gasteiger partial charge on any atom is -0.306 e. The SMILES string of the molecule is CC(C)C1C(=O)N(c2ccc(I)c3cccnc23)C1CC(C)(C)C#N. The van der Waals surface area contributed by atoms with E-state index in [0.717, 1.165) is 20.2 Å². The molecule has 2 aromatic rings. The normalized spacial score (nSPS) is 20.7. The molecule has 3 rings (SSSR count). The molecule has 2 unspecified atom stereocenters. The number of benzene rings is 1. The van der Waals surface area contributed by atoms with Crippen LogP contribution in [0.4, 0.5) is 5.69 Å². The van der Waals surface area contributed by atoms with E-state index >= 15 is 0 Å². The fraction of sp³-hybridized carbons (Fsp3) is 0.450. The van der Waals surface area contributed by atoms with E-state index < -0.39 is 5.41 Å². The summed E-state index contributed by atoms with van der Waals surface area (Å²) in [6.07, 6.45) is 2.43. The summed E-state index contributed by atoms with van der Waals surface area (Å²) in [4.78, 5) is 19.3. The maximum Gasteiger partial charge on any atom is 0.232 e. The number of rotatable bonds is 4. The molecule has 0 bridgehead atoms. The van der Waals surface area contributed by atoms with Gasteiger partial charge in [0.15, 0.2) is 0 Å². The quantitative estimate of drug-likeness (QED) is 0.502. The van der Waals surface area contributed by atoms with E-state index in [2.05, 4.69) is 47.5 Å². The van der Waals surface area contributed by atoms with Crippen LogP contribution in [0.2, 0.25) is 0 Å². The molecule has 1 fully saturated rings. The largest absolute Gasteiger partial charge is 0.306 e. The minimum absolute atomic E-state index is 0.0346. The van der Waals surface area contributed by atoms with Crippen LogP contribution in [0, 0.1) is 32.2 Å². The van der Waals surface area contributed by atoms with Crippen LogP contribution < -0.4 is 4.90 Å². The predicted octanol–water partition coefficient (Wildman–Crippen LogP) is 4.77. The van der Waals surface area contributed by atoms with E-state index in [4.69, 9.17) is 0 Å². The Hall–Kier alpha value is -1.68. The number of hydrogen-bond donors (Lipinski definition) is 0. The summed E-state index contributed by atoms with van der Waals surface area (Å²) >= 11 is 2.30. The number of nitrogens with zero attached hydrogens (tertiary/aromatic N) is 3. The highest BCUT2D eigenvalue weighted by molar-refractivity contribution is 14.1. The van der Waals surface area contributed by atoms with Crippen LogP contribution in [0.1, 0.15) is 34.1 Å². The molecule has 1 aliphatic rings. The van der Waals surface area contributed by atoms with Crippen molar-refractivity contribution in [1.29, 1.82) is 5.26 Å². The van der Waals surface area contributed by atoms with Gasteiger partial charge in [-0.15, -0.1) is 0 Å². The highest BCUT2D eigenvalue weighted by Crippen LogP contribution is 2.44. The lowest BCUT2D eigenvalue weighted by Crippen LogP contribution is -2.64. The highest BCUT2D eigenvalue weighted by atomic mass is 127. The van der Waals surface area contributed by atoms with Crippen molar-refractivity contribution < 1.29 is 4.79 Å². The fourth-order valence-corrected chi connectivity index (χ4v) is 4.31. The van der Waals surface area contributed by atoms with Crippen LogP contribution in [0.25, 0.3) is 10.9 Å². The maximum atomic E-state index is 12.9. The van der Waals surface area contributed by atoms with E-state index in [9.17, 15) is 10.1 Å². The van der Waals surface area contributed by atoms with Crippen LogP contribution in [0.15, 0.2) is 30.5 Å². The minimum atomic E-state index is -0.469. The Morgan fingerprint density at radius 1 is 1.36 bits per heavy atom. The average molecular weight is 447 g/mol. The van der Waals surface area contributed by atoms with Crippen molar-refractivity contribution in [3.8, 4) is 6.07 Å². The number of halogens is 1. The third kappa shape index (κ3) is 3.12. The topological polar surface area (TPSA) is 57.0 Å². The number of amides is 1. The molecule has 0 N–H and O–H groups in total. The first-order chi connectivity index (χ1) is 11.8. The lowest BCUT2D eigenvalue weighted by molar-refractivity contribution is -0.132. The number of aromatic nitrogens is 1. The van der Waals surface area contributed by atoms with Crippen molar-refractivity contribution >= 4 is 45.1 Å². The molecule has 0 saturated carbocycles. The van der Waals surface area contributed by atoms with Crippen molar-refractivity contribution in [2.24, 2.45) is 17.3 Å². The second-order valence-corrected chi connectivity index (χ2v) is 8.87. The summed E-state index contributed by atoms with van der Waals surface area (Å²) in [5.41, 5.74) is 1.24. The zero-order valence-corrected chi connectivity index (χ0v) is 17.1. The van der Waals surface area contributed by atoms with Gasteiger partial charge in [-0.1, -0.05) is 19.9 Å². The summed E-state index contributed by atoms with van der Waals surface area (Å²) < 4.78 is 1.12. The first kappa shape index (κ1) is 18.1. The second-order valence-electron chi connectivity index (χ2n) is 7.71. The molecule has 0 aliphatic carbocycles. The lowest BCUT2D eigenvalue weighted by atomic mass is 9.71. The first-order valence-electron chi connectivity index (χ1n) is 8.54. The lowest BCUT2D eigenvalue weighted by Gasteiger charge is -2.50. The number of anilines is 1. The number of nitriles is 1. The number of carbonyl (C=O) groups excluding carboxylic acids is 1. The summed E-state index contributed by atoms with van der Waals surface area (Å²) in [6, 6.07) is 10.4. The summed E-state index contributed by atoms with van der Waals surface area (Å²) in [5.74, 6) is 0.360. The Kier molecular flexibility index (Phi) is 4.76. The predicted molar refractivity (Wildman–Crippen MR) is 108 cm³/mol. The van der Waals surface area contributed by atoms with Crippen LogP contribution in [-0.2, 0) is 4.79 Å². The van der Waals surface area contributed by atoms with E-state index in [0.29, 0.717) is 6.42 Å². The molecule has 130 valence electrons. The standard InChI is InChI=1S/C20H22IN3O/c1-12(2)17-16(10-20(3,4)11-22)24(19(17)25)15-8-7-14(21)13-6-5-9-23-18(13)15/h5-9,12,16-17H,10H2,1-4H3. The number of hydrogen-bond acceptors (Lipinski definition) is 3. The van der Waals surface area contributed by atoms with Gasteiger partial charge >= 0.3 is 0 Å². The maximum absolute atomic E-state index is 12.9. The van der Waals surface area contributed by atoms with Gasteiger partial charge in [-0.3, -0.25) is 9.78 Å². The molecule has 1 aromatic carbocycles. The van der Waals surface area contributed by atoms with Crippen molar-refractivity contribution in [1.82, 2.24) is 4.98 Å². The van der Waals surface area contributed by atoms with Crippen LogP contribution in [0.5, 0.6) is 0 Å². The zero-order valence-electron chi connectivity index (χ0n) is 15.0. The first-order valence-corrected chi connectivity index (χ1v) is 9.62. The average Bonchev–Trinajstić information content (AvgIpc) is 2.56. The smallest absolute Gasteiger partial charge is 0.232 e. The van der Waals surface area contributed by atoms with Gasteiger partial charge in [0.25, 0.3) is 0 Å². The van der Waals surface area contributed by atoms with Gasteiger partial charge in [0.2, 0.25) is 5.91 Å². The van der Waals surface area contributed by atoms with Crippen LogP contribution in [-0.4, -0.2) is 16.9 Å². The van der Waals surface area contributed by atoms with E-state index in [1.54, 1.807) is 6.20 Å². The summed E-state index contributed by atoms with van der Waals surface area (Å²) in [5, 5.41) is 10.5. The molecule has 1 saturated heterocycles. The van der Waals surface area contributed by atoms with Crippen molar-refractivity contribution in [3.05, 3.63) is 34.0 Å². The van der Waals surface area contributed by atoms with Crippen LogP contribution >= 0.6 is 22.6 Å². The van der Waals surface area contributed by atoms with Gasteiger partial charge in [-0.2, -0.15) is 5.26 Å². The summed E-state index contributed by atoms with van der Waals surface area (Å²) in [7, 11) is 0. The third-order valence-electron chi connectivity index (χ3n) is 4.96. The van der Waals surface area contributed by atoms with Gasteiger partial charge in [-0.25, -0.2) is 0 Å². The molecule has 2 heterocycles. The molecular formula is C20H22IN3O. The van der Waals surface area contributed by atoms with E-state index in [-0.39, 0.29) is 23.8 Å². The van der Waals surface area contributed by atoms with Gasteiger partial charge < -0.3 is 4.90 Å². The Balaban J connectivity index is 2.08. The monoisotopic (exact) mass is 447 g/mol. The second kappa shape index (κ2) is 6.56.